The number of ether oxygens (including phenoxy) is 2. The molecule has 6 heteroatoms. The minimum atomic E-state index is -0.239. The molecule has 0 fully saturated rings. The van der Waals surface area contributed by atoms with Crippen LogP contribution in [-0.2, 0) is 23.2 Å². The normalized spacial score (nSPS) is 11.8. The molecular weight excluding hydrogens is 460 g/mol. The molecular formula is C29H29ClN2O3. The number of imidazole rings is 1. The predicted molar refractivity (Wildman–Crippen MR) is 139 cm³/mol. The first-order chi connectivity index (χ1) is 16.9. The van der Waals surface area contributed by atoms with Gasteiger partial charge in [0.15, 0.2) is 0 Å². The lowest BCUT2D eigenvalue weighted by Crippen LogP contribution is -2.15. The average molecular weight is 489 g/mol. The Bertz CT molecular complexity index is 1300. The molecule has 0 aliphatic heterocycles. The van der Waals surface area contributed by atoms with E-state index in [-0.39, 0.29) is 18.3 Å². The summed E-state index contributed by atoms with van der Waals surface area (Å²) in [6.07, 6.45) is 3.85. The molecule has 1 aromatic heterocycles. The first kappa shape index (κ1) is 24.6. The number of carbonyl (C=O) groups is 1. The topological polar surface area (TPSA) is 53.4 Å². The number of hydrogen-bond acceptors (Lipinski definition) is 4. The highest BCUT2D eigenvalue weighted by atomic mass is 35.5. The van der Waals surface area contributed by atoms with Gasteiger partial charge in [0.2, 0.25) is 0 Å². The summed E-state index contributed by atoms with van der Waals surface area (Å²) in [4.78, 5) is 16.7. The maximum atomic E-state index is 12.2. The van der Waals surface area contributed by atoms with Crippen molar-refractivity contribution in [2.75, 3.05) is 6.61 Å². The number of benzene rings is 3. The van der Waals surface area contributed by atoms with Crippen molar-refractivity contribution in [3.05, 3.63) is 107 Å². The molecule has 1 heterocycles. The van der Waals surface area contributed by atoms with Gasteiger partial charge >= 0.3 is 5.97 Å². The number of nitrogens with zero attached hydrogens (tertiary/aromatic N) is 2. The van der Waals surface area contributed by atoms with Gasteiger partial charge in [-0.3, -0.25) is 4.79 Å². The van der Waals surface area contributed by atoms with Crippen molar-refractivity contribution < 1.29 is 14.3 Å². The molecule has 4 rings (SSSR count). The molecule has 0 spiro atoms. The van der Waals surface area contributed by atoms with Crippen LogP contribution in [0.25, 0.3) is 11.1 Å². The molecule has 0 aliphatic carbocycles. The molecule has 0 saturated carbocycles. The van der Waals surface area contributed by atoms with Crippen LogP contribution in [0.5, 0.6) is 5.75 Å². The van der Waals surface area contributed by atoms with Crippen LogP contribution in [0.15, 0.2) is 79.1 Å². The van der Waals surface area contributed by atoms with Gasteiger partial charge in [0.05, 0.1) is 18.9 Å². The standard InChI is InChI=1S/C29H29ClN2O3/c1-4-34-28(33)18-27(29-31-14-15-32(29)3)22-8-11-25(12-9-22)35-19-21-6-5-7-23(17-21)26-13-10-24(30)16-20(26)2/h5-17,27H,4,18-19H2,1-3H3. The first-order valence-electron chi connectivity index (χ1n) is 11.7. The van der Waals surface area contributed by atoms with Crippen LogP contribution >= 0.6 is 11.6 Å². The Kier molecular flexibility index (Phi) is 7.88. The van der Waals surface area contributed by atoms with Crippen molar-refractivity contribution in [3.8, 4) is 16.9 Å². The fourth-order valence-corrected chi connectivity index (χ4v) is 4.43. The Morgan fingerprint density at radius 2 is 1.89 bits per heavy atom. The van der Waals surface area contributed by atoms with Crippen molar-refractivity contribution in [1.29, 1.82) is 0 Å². The van der Waals surface area contributed by atoms with Crippen LogP contribution in [0.2, 0.25) is 5.02 Å². The maximum Gasteiger partial charge on any atom is 0.306 e. The van der Waals surface area contributed by atoms with Crippen molar-refractivity contribution in [2.45, 2.75) is 32.8 Å². The zero-order valence-electron chi connectivity index (χ0n) is 20.2. The smallest absolute Gasteiger partial charge is 0.306 e. The highest BCUT2D eigenvalue weighted by molar-refractivity contribution is 6.30. The van der Waals surface area contributed by atoms with Gasteiger partial charge in [-0.15, -0.1) is 0 Å². The van der Waals surface area contributed by atoms with Crippen molar-refractivity contribution >= 4 is 17.6 Å². The second-order valence-electron chi connectivity index (χ2n) is 8.48. The molecule has 4 aromatic rings. The van der Waals surface area contributed by atoms with Crippen molar-refractivity contribution in [1.82, 2.24) is 9.55 Å². The summed E-state index contributed by atoms with van der Waals surface area (Å²) in [5.41, 5.74) is 5.49. The first-order valence-corrected chi connectivity index (χ1v) is 12.0. The molecule has 3 aromatic carbocycles. The zero-order valence-corrected chi connectivity index (χ0v) is 21.0. The van der Waals surface area contributed by atoms with Gasteiger partial charge in [0.25, 0.3) is 0 Å². The Morgan fingerprint density at radius 3 is 2.57 bits per heavy atom. The minimum Gasteiger partial charge on any atom is -0.489 e. The zero-order chi connectivity index (χ0) is 24.8. The number of hydrogen-bond donors (Lipinski definition) is 0. The van der Waals surface area contributed by atoms with Gasteiger partial charge in [-0.25, -0.2) is 4.98 Å². The second kappa shape index (κ2) is 11.2. The lowest BCUT2D eigenvalue weighted by Gasteiger charge is -2.17. The van der Waals surface area contributed by atoms with E-state index in [4.69, 9.17) is 21.1 Å². The van der Waals surface area contributed by atoms with Crippen molar-refractivity contribution in [3.63, 3.8) is 0 Å². The fraction of sp³-hybridized carbons (Fsp3) is 0.241. The van der Waals surface area contributed by atoms with Gasteiger partial charge in [-0.1, -0.05) is 48.0 Å². The van der Waals surface area contributed by atoms with Gasteiger partial charge in [0, 0.05) is 24.5 Å². The molecule has 1 atom stereocenters. The van der Waals surface area contributed by atoms with Gasteiger partial charge in [0.1, 0.15) is 18.2 Å². The van der Waals surface area contributed by atoms with E-state index in [9.17, 15) is 4.79 Å². The van der Waals surface area contributed by atoms with E-state index in [1.807, 2.05) is 73.3 Å². The molecule has 0 radical (unpaired) electrons. The fourth-order valence-electron chi connectivity index (χ4n) is 4.20. The highest BCUT2D eigenvalue weighted by Gasteiger charge is 2.22. The van der Waals surface area contributed by atoms with E-state index in [1.165, 1.54) is 0 Å². The van der Waals surface area contributed by atoms with E-state index < -0.39 is 0 Å². The van der Waals surface area contributed by atoms with Crippen LogP contribution in [-0.4, -0.2) is 22.1 Å². The molecule has 5 nitrogen and oxygen atoms in total. The minimum absolute atomic E-state index is 0.192. The van der Waals surface area contributed by atoms with E-state index >= 15 is 0 Å². The van der Waals surface area contributed by atoms with Gasteiger partial charge < -0.3 is 14.0 Å². The van der Waals surface area contributed by atoms with Crippen LogP contribution < -0.4 is 4.74 Å². The lowest BCUT2D eigenvalue weighted by molar-refractivity contribution is -0.143. The van der Waals surface area contributed by atoms with E-state index in [2.05, 4.69) is 30.1 Å². The summed E-state index contributed by atoms with van der Waals surface area (Å²) in [6.45, 7) is 4.68. The van der Waals surface area contributed by atoms with Crippen LogP contribution in [0, 0.1) is 6.92 Å². The maximum absolute atomic E-state index is 12.2. The van der Waals surface area contributed by atoms with Crippen LogP contribution in [0.4, 0.5) is 0 Å². The number of rotatable bonds is 9. The quantitative estimate of drug-likeness (QED) is 0.245. The summed E-state index contributed by atoms with van der Waals surface area (Å²) in [6, 6.07) is 22.1. The Balaban J connectivity index is 1.47. The highest BCUT2D eigenvalue weighted by Crippen LogP contribution is 2.30. The second-order valence-corrected chi connectivity index (χ2v) is 8.91. The van der Waals surface area contributed by atoms with Crippen LogP contribution in [0.1, 0.15) is 41.8 Å². The van der Waals surface area contributed by atoms with Gasteiger partial charge in [-0.2, -0.15) is 0 Å². The van der Waals surface area contributed by atoms with Gasteiger partial charge in [-0.05, 0) is 72.0 Å². The Morgan fingerprint density at radius 1 is 1.09 bits per heavy atom. The molecule has 0 bridgehead atoms. The number of halogens is 1. The molecule has 180 valence electrons. The lowest BCUT2D eigenvalue weighted by atomic mass is 9.94. The Labute approximate surface area is 211 Å². The summed E-state index contributed by atoms with van der Waals surface area (Å²) in [5, 5.41) is 0.738. The average Bonchev–Trinajstić information content (AvgIpc) is 3.27. The van der Waals surface area contributed by atoms with E-state index in [0.29, 0.717) is 13.2 Å². The van der Waals surface area contributed by atoms with E-state index in [0.717, 1.165) is 44.4 Å². The monoisotopic (exact) mass is 488 g/mol. The molecule has 0 N–H and O–H groups in total. The molecule has 0 amide bonds. The third kappa shape index (κ3) is 6.11. The number of esters is 1. The van der Waals surface area contributed by atoms with Crippen LogP contribution in [0.3, 0.4) is 0 Å². The molecule has 35 heavy (non-hydrogen) atoms. The SMILES string of the molecule is CCOC(=O)CC(c1ccc(OCc2cccc(-c3ccc(Cl)cc3C)c2)cc1)c1nccn1C. The number of aryl methyl sites for hydroxylation is 2. The third-order valence-corrected chi connectivity index (χ3v) is 6.20. The summed E-state index contributed by atoms with van der Waals surface area (Å²) < 4.78 is 13.2. The number of carbonyl (C=O) groups excluding carboxylic acids is 1. The summed E-state index contributed by atoms with van der Waals surface area (Å²) in [5.74, 6) is 1.15. The van der Waals surface area contributed by atoms with E-state index in [1.54, 1.807) is 6.20 Å². The number of aromatic nitrogens is 2. The summed E-state index contributed by atoms with van der Waals surface area (Å²) >= 11 is 6.11. The molecule has 1 unspecified atom stereocenters. The predicted octanol–water partition coefficient (Wildman–Crippen LogP) is 6.71. The Hall–Kier alpha value is -3.57. The third-order valence-electron chi connectivity index (χ3n) is 5.96. The summed E-state index contributed by atoms with van der Waals surface area (Å²) in [7, 11) is 1.93. The molecule has 0 saturated heterocycles. The molecule has 0 aliphatic rings. The van der Waals surface area contributed by atoms with Crippen molar-refractivity contribution in [2.24, 2.45) is 7.05 Å². The largest absolute Gasteiger partial charge is 0.489 e.